The van der Waals surface area contributed by atoms with Crippen molar-refractivity contribution in [3.63, 3.8) is 0 Å². The number of aliphatic hydroxyl groups excluding tert-OH is 1. The number of carbonyl (C=O) groups excluding carboxylic acids is 2. The zero-order valence-corrected chi connectivity index (χ0v) is 18.5. The Kier molecular flexibility index (Phi) is 5.53. The predicted molar refractivity (Wildman–Crippen MR) is 121 cm³/mol. The summed E-state index contributed by atoms with van der Waals surface area (Å²) in [4.78, 5) is 43.2. The van der Waals surface area contributed by atoms with Crippen molar-refractivity contribution in [3.8, 4) is 0 Å². The first-order chi connectivity index (χ1) is 15.2. The van der Waals surface area contributed by atoms with E-state index in [2.05, 4.69) is 4.98 Å². The summed E-state index contributed by atoms with van der Waals surface area (Å²) in [6, 6.07) is 10.7. The Morgan fingerprint density at radius 1 is 1.12 bits per heavy atom. The second-order valence-corrected chi connectivity index (χ2v) is 8.78. The molecule has 1 N–H and O–H groups in total. The van der Waals surface area contributed by atoms with Crippen molar-refractivity contribution < 1.29 is 19.6 Å². The molecule has 0 radical (unpaired) electrons. The van der Waals surface area contributed by atoms with E-state index < -0.39 is 22.7 Å². The van der Waals surface area contributed by atoms with Crippen LogP contribution in [0.1, 0.15) is 27.7 Å². The Bertz CT molecular complexity index is 1260. The van der Waals surface area contributed by atoms with Gasteiger partial charge in [0.1, 0.15) is 5.76 Å². The molecule has 3 aromatic rings. The average molecular weight is 470 g/mol. The molecule has 1 atom stereocenters. The first-order valence-corrected chi connectivity index (χ1v) is 10.6. The van der Waals surface area contributed by atoms with Gasteiger partial charge in [-0.15, -0.1) is 11.3 Å². The number of ketones is 1. The number of hydrogen-bond donors (Lipinski definition) is 1. The molecule has 2 aromatic carbocycles. The molecular formula is C22H16ClN3O5S. The van der Waals surface area contributed by atoms with Crippen molar-refractivity contribution in [1.82, 2.24) is 4.98 Å². The highest BCUT2D eigenvalue weighted by molar-refractivity contribution is 7.16. The summed E-state index contributed by atoms with van der Waals surface area (Å²) in [5.41, 5.74) is 1.19. The normalized spacial score (nSPS) is 17.7. The van der Waals surface area contributed by atoms with Crippen molar-refractivity contribution >= 4 is 51.2 Å². The third-order valence-corrected chi connectivity index (χ3v) is 6.53. The predicted octanol–water partition coefficient (Wildman–Crippen LogP) is 4.95. The number of aromatic nitrogens is 1. The summed E-state index contributed by atoms with van der Waals surface area (Å²) < 4.78 is 0. The molecule has 1 amide bonds. The van der Waals surface area contributed by atoms with Gasteiger partial charge in [-0.25, -0.2) is 4.98 Å². The van der Waals surface area contributed by atoms with E-state index in [0.29, 0.717) is 27.0 Å². The highest BCUT2D eigenvalue weighted by atomic mass is 35.5. The summed E-state index contributed by atoms with van der Waals surface area (Å²) in [5.74, 6) is -2.07. The molecule has 1 aliphatic rings. The molecule has 162 valence electrons. The largest absolute Gasteiger partial charge is 0.507 e. The first kappa shape index (κ1) is 21.7. The number of halogens is 1. The van der Waals surface area contributed by atoms with Crippen LogP contribution in [0.15, 0.2) is 54.1 Å². The fraction of sp³-hybridized carbons (Fsp3) is 0.136. The molecule has 1 fully saturated rings. The van der Waals surface area contributed by atoms with Gasteiger partial charge >= 0.3 is 5.91 Å². The first-order valence-electron chi connectivity index (χ1n) is 9.44. The van der Waals surface area contributed by atoms with Crippen molar-refractivity contribution in [3.05, 3.63) is 90.9 Å². The van der Waals surface area contributed by atoms with E-state index in [4.69, 9.17) is 11.6 Å². The molecule has 4 rings (SSSR count). The third kappa shape index (κ3) is 3.65. The van der Waals surface area contributed by atoms with Crippen LogP contribution >= 0.6 is 22.9 Å². The number of aryl methyl sites for hydroxylation is 2. The molecular weight excluding hydrogens is 454 g/mol. The molecule has 0 aliphatic carbocycles. The number of hydrogen-bond acceptors (Lipinski definition) is 7. The lowest BCUT2D eigenvalue weighted by atomic mass is 9.95. The van der Waals surface area contributed by atoms with Gasteiger partial charge in [-0.3, -0.25) is 24.6 Å². The van der Waals surface area contributed by atoms with Gasteiger partial charge in [0.2, 0.25) is 0 Å². The minimum absolute atomic E-state index is 0.128. The Balaban J connectivity index is 1.93. The van der Waals surface area contributed by atoms with Crippen LogP contribution < -0.4 is 4.90 Å². The van der Waals surface area contributed by atoms with E-state index in [9.17, 15) is 24.8 Å². The van der Waals surface area contributed by atoms with Crippen LogP contribution in [-0.4, -0.2) is 26.7 Å². The number of non-ortho nitro benzene ring substituents is 1. The summed E-state index contributed by atoms with van der Waals surface area (Å²) in [6.45, 7) is 3.64. The Morgan fingerprint density at radius 3 is 2.28 bits per heavy atom. The van der Waals surface area contributed by atoms with E-state index >= 15 is 0 Å². The minimum atomic E-state index is -1.00. The molecule has 1 saturated heterocycles. The number of Topliss-reactive ketones (excluding diaryl/α,β-unsaturated/α-hetero) is 1. The number of thiazole rings is 1. The monoisotopic (exact) mass is 469 g/mol. The van der Waals surface area contributed by atoms with Gasteiger partial charge in [0.15, 0.2) is 5.13 Å². The van der Waals surface area contributed by atoms with Gasteiger partial charge in [-0.05, 0) is 55.8 Å². The quantitative estimate of drug-likeness (QED) is 0.190. The van der Waals surface area contributed by atoms with Gasteiger partial charge in [0, 0.05) is 27.6 Å². The molecule has 2 heterocycles. The fourth-order valence-electron chi connectivity index (χ4n) is 3.45. The lowest BCUT2D eigenvalue weighted by molar-refractivity contribution is -0.384. The van der Waals surface area contributed by atoms with Crippen molar-refractivity contribution in [1.29, 1.82) is 0 Å². The number of nitro groups is 1. The van der Waals surface area contributed by atoms with Crippen LogP contribution in [-0.2, 0) is 9.59 Å². The molecule has 0 unspecified atom stereocenters. The number of aliphatic hydroxyl groups is 1. The molecule has 0 spiro atoms. The zero-order chi connectivity index (χ0) is 23.2. The van der Waals surface area contributed by atoms with Crippen LogP contribution in [0, 0.1) is 24.0 Å². The summed E-state index contributed by atoms with van der Waals surface area (Å²) in [5, 5.41) is 22.8. The highest BCUT2D eigenvalue weighted by Gasteiger charge is 2.48. The number of rotatable bonds is 4. The van der Waals surface area contributed by atoms with E-state index in [-0.39, 0.29) is 17.0 Å². The fourth-order valence-corrected chi connectivity index (χ4v) is 4.51. The average Bonchev–Trinajstić information content (AvgIpc) is 3.23. The smallest absolute Gasteiger partial charge is 0.301 e. The van der Waals surface area contributed by atoms with Gasteiger partial charge in [0.25, 0.3) is 11.5 Å². The minimum Gasteiger partial charge on any atom is -0.507 e. The van der Waals surface area contributed by atoms with Crippen LogP contribution in [0.5, 0.6) is 0 Å². The lowest BCUT2D eigenvalue weighted by Crippen LogP contribution is -2.29. The van der Waals surface area contributed by atoms with Crippen LogP contribution in [0.2, 0.25) is 5.02 Å². The summed E-state index contributed by atoms with van der Waals surface area (Å²) in [6.07, 6.45) is 0. The van der Waals surface area contributed by atoms with Gasteiger partial charge in [-0.1, -0.05) is 11.6 Å². The van der Waals surface area contributed by atoms with E-state index in [1.54, 1.807) is 19.1 Å². The number of nitrogens with zero attached hydrogens (tertiary/aromatic N) is 3. The molecule has 10 heteroatoms. The number of amides is 1. The SMILES string of the molecule is Cc1nc(N2C(=O)C(=O)C(=C(O)c3ccc(Cl)cc3)[C@@H]2c2ccc([N+](=O)[O-])cc2)sc1C. The van der Waals surface area contributed by atoms with E-state index in [1.165, 1.54) is 52.6 Å². The second kappa shape index (κ2) is 8.18. The maximum Gasteiger partial charge on any atom is 0.301 e. The lowest BCUT2D eigenvalue weighted by Gasteiger charge is -2.23. The van der Waals surface area contributed by atoms with E-state index in [1.807, 2.05) is 6.92 Å². The molecule has 1 aromatic heterocycles. The van der Waals surface area contributed by atoms with Crippen LogP contribution in [0.3, 0.4) is 0 Å². The highest BCUT2D eigenvalue weighted by Crippen LogP contribution is 2.44. The molecule has 32 heavy (non-hydrogen) atoms. The topological polar surface area (TPSA) is 114 Å². The summed E-state index contributed by atoms with van der Waals surface area (Å²) in [7, 11) is 0. The third-order valence-electron chi connectivity index (χ3n) is 5.21. The van der Waals surface area contributed by atoms with Gasteiger partial charge in [-0.2, -0.15) is 0 Å². The molecule has 0 saturated carbocycles. The van der Waals surface area contributed by atoms with Crippen molar-refractivity contribution in [2.45, 2.75) is 19.9 Å². The zero-order valence-electron chi connectivity index (χ0n) is 16.9. The summed E-state index contributed by atoms with van der Waals surface area (Å²) >= 11 is 7.17. The maximum atomic E-state index is 13.1. The van der Waals surface area contributed by atoms with Crippen molar-refractivity contribution in [2.75, 3.05) is 4.90 Å². The maximum absolute atomic E-state index is 13.1. The van der Waals surface area contributed by atoms with Gasteiger partial charge < -0.3 is 5.11 Å². The number of carbonyl (C=O) groups is 2. The Morgan fingerprint density at radius 2 is 1.75 bits per heavy atom. The molecule has 8 nitrogen and oxygen atoms in total. The number of anilines is 1. The standard InChI is InChI=1S/C22H16ClN3O5S/c1-11-12(2)32-22(24-11)25-18(13-5-9-16(10-6-13)26(30)31)17(20(28)21(25)29)19(27)14-3-7-15(23)8-4-14/h3-10,18,27H,1-2H3/t18-/m0/s1. The number of nitro benzene ring substituents is 1. The Labute approximate surface area is 191 Å². The molecule has 1 aliphatic heterocycles. The van der Waals surface area contributed by atoms with E-state index in [0.717, 1.165) is 4.88 Å². The molecule has 0 bridgehead atoms. The second-order valence-electron chi connectivity index (χ2n) is 7.16. The Hall–Kier alpha value is -3.56. The van der Waals surface area contributed by atoms with Crippen LogP contribution in [0.25, 0.3) is 5.76 Å². The van der Waals surface area contributed by atoms with Crippen molar-refractivity contribution in [2.24, 2.45) is 0 Å². The number of benzene rings is 2. The van der Waals surface area contributed by atoms with Crippen LogP contribution in [0.4, 0.5) is 10.8 Å². The van der Waals surface area contributed by atoms with Gasteiger partial charge in [0.05, 0.1) is 22.2 Å².